The van der Waals surface area contributed by atoms with Crippen LogP contribution in [0.1, 0.15) is 23.0 Å². The van der Waals surface area contributed by atoms with Crippen LogP contribution in [0.5, 0.6) is 0 Å². The molecule has 0 bridgehead atoms. The van der Waals surface area contributed by atoms with Crippen molar-refractivity contribution in [3.63, 3.8) is 0 Å². The molecule has 0 aliphatic carbocycles. The summed E-state index contributed by atoms with van der Waals surface area (Å²) in [5.74, 6) is -1.87. The van der Waals surface area contributed by atoms with Crippen molar-refractivity contribution < 1.29 is 22.7 Å². The number of hydrogen-bond acceptors (Lipinski definition) is 5. The molecule has 106 valence electrons. The van der Waals surface area contributed by atoms with Crippen molar-refractivity contribution in [3.05, 3.63) is 41.3 Å². The number of nitrogens with one attached hydrogen (secondary N) is 1. The Kier molecular flexibility index (Phi) is 3.97. The quantitative estimate of drug-likeness (QED) is 0.872. The predicted molar refractivity (Wildman–Crippen MR) is 66.8 cm³/mol. The fourth-order valence-electron chi connectivity index (χ4n) is 1.49. The monoisotopic (exact) mass is 282 g/mol. The zero-order valence-electron chi connectivity index (χ0n) is 10.9. The van der Waals surface area contributed by atoms with Gasteiger partial charge in [0, 0.05) is 6.07 Å². The van der Waals surface area contributed by atoms with Gasteiger partial charge in [0.15, 0.2) is 5.69 Å². The van der Waals surface area contributed by atoms with Crippen LogP contribution in [0, 0.1) is 18.6 Å². The zero-order valence-corrected chi connectivity index (χ0v) is 10.9. The number of oxazole rings is 1. The number of esters is 1. The minimum Gasteiger partial charge on any atom is -0.461 e. The second-order valence-electron chi connectivity index (χ2n) is 3.96. The van der Waals surface area contributed by atoms with E-state index in [1.54, 1.807) is 6.92 Å². The number of nitrogens with zero attached hydrogens (tertiary/aromatic N) is 1. The first-order valence-corrected chi connectivity index (χ1v) is 5.86. The molecule has 0 aliphatic rings. The molecule has 0 radical (unpaired) electrons. The molecule has 0 amide bonds. The Labute approximate surface area is 113 Å². The van der Waals surface area contributed by atoms with Gasteiger partial charge >= 0.3 is 5.97 Å². The first-order chi connectivity index (χ1) is 9.51. The molecule has 0 spiro atoms. The largest absolute Gasteiger partial charge is 0.461 e. The van der Waals surface area contributed by atoms with Gasteiger partial charge in [0.05, 0.1) is 12.3 Å². The lowest BCUT2D eigenvalue weighted by atomic mass is 10.2. The van der Waals surface area contributed by atoms with Crippen molar-refractivity contribution in [2.45, 2.75) is 13.8 Å². The average molecular weight is 282 g/mol. The molecular weight excluding hydrogens is 270 g/mol. The molecule has 0 saturated carbocycles. The van der Waals surface area contributed by atoms with Crippen LogP contribution in [0.25, 0.3) is 0 Å². The maximum absolute atomic E-state index is 13.6. The third kappa shape index (κ3) is 2.93. The van der Waals surface area contributed by atoms with Crippen LogP contribution in [-0.2, 0) is 4.74 Å². The second kappa shape index (κ2) is 5.68. The fraction of sp³-hybridized carbons (Fsp3) is 0.231. The molecule has 0 fully saturated rings. The Bertz CT molecular complexity index is 641. The summed E-state index contributed by atoms with van der Waals surface area (Å²) in [5.41, 5.74) is 0.000340. The highest BCUT2D eigenvalue weighted by Crippen LogP contribution is 2.22. The van der Waals surface area contributed by atoms with Gasteiger partial charge in [-0.3, -0.25) is 0 Å². The SMILES string of the molecule is CCOC(=O)c1coc(Nc2cc(F)c(C)cc2F)n1. The van der Waals surface area contributed by atoms with Crippen molar-refractivity contribution in [1.82, 2.24) is 4.98 Å². The topological polar surface area (TPSA) is 64.4 Å². The minimum absolute atomic E-state index is 0.0534. The van der Waals surface area contributed by atoms with Crippen LogP contribution in [0.2, 0.25) is 0 Å². The number of halogens is 2. The van der Waals surface area contributed by atoms with E-state index in [4.69, 9.17) is 9.15 Å². The maximum Gasteiger partial charge on any atom is 0.360 e. The first kappa shape index (κ1) is 14.0. The van der Waals surface area contributed by atoms with Gasteiger partial charge < -0.3 is 14.5 Å². The van der Waals surface area contributed by atoms with E-state index in [2.05, 4.69) is 10.3 Å². The van der Waals surface area contributed by atoms with E-state index >= 15 is 0 Å². The number of carbonyl (C=O) groups is 1. The molecule has 2 rings (SSSR count). The summed E-state index contributed by atoms with van der Waals surface area (Å²) in [4.78, 5) is 15.1. The molecule has 1 aromatic carbocycles. The number of aryl methyl sites for hydroxylation is 1. The molecule has 7 heteroatoms. The number of hydrogen-bond donors (Lipinski definition) is 1. The Hall–Kier alpha value is -2.44. The van der Waals surface area contributed by atoms with Crippen LogP contribution in [0.3, 0.4) is 0 Å². The van der Waals surface area contributed by atoms with E-state index < -0.39 is 17.6 Å². The summed E-state index contributed by atoms with van der Waals surface area (Å²) in [6.07, 6.45) is 1.07. The van der Waals surface area contributed by atoms with Crippen molar-refractivity contribution in [1.29, 1.82) is 0 Å². The van der Waals surface area contributed by atoms with E-state index in [0.29, 0.717) is 0 Å². The van der Waals surface area contributed by atoms with Crippen LogP contribution < -0.4 is 5.32 Å². The third-order valence-electron chi connectivity index (χ3n) is 2.48. The van der Waals surface area contributed by atoms with Gasteiger partial charge in [-0.1, -0.05) is 0 Å². The molecule has 0 unspecified atom stereocenters. The number of ether oxygens (including phenoxy) is 1. The van der Waals surface area contributed by atoms with Crippen molar-refractivity contribution >= 4 is 17.7 Å². The molecule has 20 heavy (non-hydrogen) atoms. The highest BCUT2D eigenvalue weighted by atomic mass is 19.1. The summed E-state index contributed by atoms with van der Waals surface area (Å²) >= 11 is 0. The zero-order chi connectivity index (χ0) is 14.7. The van der Waals surface area contributed by atoms with Crippen molar-refractivity contribution in [2.75, 3.05) is 11.9 Å². The van der Waals surface area contributed by atoms with E-state index in [0.717, 1.165) is 18.4 Å². The van der Waals surface area contributed by atoms with Crippen LogP contribution in [0.15, 0.2) is 22.8 Å². The third-order valence-corrected chi connectivity index (χ3v) is 2.48. The normalized spacial score (nSPS) is 10.4. The van der Waals surface area contributed by atoms with Gasteiger partial charge in [-0.25, -0.2) is 13.6 Å². The molecule has 1 heterocycles. The minimum atomic E-state index is -0.653. The summed E-state index contributed by atoms with van der Waals surface area (Å²) in [7, 11) is 0. The Morgan fingerprint density at radius 1 is 1.40 bits per heavy atom. The number of benzene rings is 1. The lowest BCUT2D eigenvalue weighted by molar-refractivity contribution is 0.0519. The molecule has 5 nitrogen and oxygen atoms in total. The van der Waals surface area contributed by atoms with Gasteiger partial charge in [-0.2, -0.15) is 4.98 Å². The van der Waals surface area contributed by atoms with Gasteiger partial charge in [-0.05, 0) is 25.5 Å². The molecule has 0 atom stereocenters. The lowest BCUT2D eigenvalue weighted by Gasteiger charge is -2.05. The van der Waals surface area contributed by atoms with Crippen LogP contribution in [0.4, 0.5) is 20.5 Å². The number of anilines is 2. The molecule has 1 N–H and O–H groups in total. The average Bonchev–Trinajstić information content (AvgIpc) is 2.85. The molecule has 0 aliphatic heterocycles. The number of rotatable bonds is 4. The molecule has 0 saturated heterocycles. The lowest BCUT2D eigenvalue weighted by Crippen LogP contribution is -2.05. The van der Waals surface area contributed by atoms with E-state index in [9.17, 15) is 13.6 Å². The summed E-state index contributed by atoms with van der Waals surface area (Å²) in [6, 6.07) is 1.90. The summed E-state index contributed by atoms with van der Waals surface area (Å²) < 4.78 is 36.7. The number of carbonyl (C=O) groups excluding carboxylic acids is 1. The van der Waals surface area contributed by atoms with E-state index in [1.807, 2.05) is 0 Å². The van der Waals surface area contributed by atoms with Crippen LogP contribution in [-0.4, -0.2) is 17.6 Å². The van der Waals surface area contributed by atoms with Gasteiger partial charge in [0.25, 0.3) is 6.01 Å². The highest BCUT2D eigenvalue weighted by Gasteiger charge is 2.15. The smallest absolute Gasteiger partial charge is 0.360 e. The molecule has 2 aromatic rings. The first-order valence-electron chi connectivity index (χ1n) is 5.86. The Balaban J connectivity index is 2.19. The predicted octanol–water partition coefficient (Wildman–Crippen LogP) is 3.18. The standard InChI is InChI=1S/C13H12F2N2O3/c1-3-19-12(18)11-6-20-13(17-11)16-10-5-8(14)7(2)4-9(10)15/h4-6H,3H2,1-2H3,(H,16,17). The maximum atomic E-state index is 13.6. The number of aromatic nitrogens is 1. The fourth-order valence-corrected chi connectivity index (χ4v) is 1.49. The highest BCUT2D eigenvalue weighted by molar-refractivity contribution is 5.87. The Morgan fingerprint density at radius 2 is 2.15 bits per heavy atom. The van der Waals surface area contributed by atoms with E-state index in [-0.39, 0.29) is 29.6 Å². The van der Waals surface area contributed by atoms with Gasteiger partial charge in [0.2, 0.25) is 0 Å². The van der Waals surface area contributed by atoms with Gasteiger partial charge in [-0.15, -0.1) is 0 Å². The molecular formula is C13H12F2N2O3. The van der Waals surface area contributed by atoms with E-state index in [1.165, 1.54) is 6.92 Å². The second-order valence-corrected chi connectivity index (χ2v) is 3.96. The summed E-state index contributed by atoms with van der Waals surface area (Å²) in [6.45, 7) is 3.31. The van der Waals surface area contributed by atoms with Gasteiger partial charge in [0.1, 0.15) is 17.9 Å². The molecule has 1 aromatic heterocycles. The van der Waals surface area contributed by atoms with Crippen molar-refractivity contribution in [2.24, 2.45) is 0 Å². The van der Waals surface area contributed by atoms with Crippen LogP contribution >= 0.6 is 0 Å². The summed E-state index contributed by atoms with van der Waals surface area (Å²) in [5, 5.41) is 2.46. The van der Waals surface area contributed by atoms with Crippen molar-refractivity contribution in [3.8, 4) is 0 Å². The Morgan fingerprint density at radius 3 is 2.85 bits per heavy atom.